The molecule has 1 aliphatic rings. The number of amidine groups is 1. The van der Waals surface area contributed by atoms with E-state index in [-0.39, 0.29) is 0 Å². The predicted octanol–water partition coefficient (Wildman–Crippen LogP) is 0.746. The highest BCUT2D eigenvalue weighted by atomic mass is 32.1. The highest BCUT2D eigenvalue weighted by Crippen LogP contribution is 2.23. The first-order valence-electron chi connectivity index (χ1n) is 3.97. The highest BCUT2D eigenvalue weighted by molar-refractivity contribution is 7.71. The Morgan fingerprint density at radius 3 is 3.14 bits per heavy atom. The fraction of sp³-hybridized carbons (Fsp3) is 0.286. The number of hydrogen-bond donors (Lipinski definition) is 3. The van der Waals surface area contributed by atoms with Crippen LogP contribution >= 0.6 is 12.2 Å². The van der Waals surface area contributed by atoms with Gasteiger partial charge >= 0.3 is 0 Å². The Hall–Kier alpha value is -1.47. The molecule has 0 aliphatic carbocycles. The van der Waals surface area contributed by atoms with Crippen LogP contribution in [0.15, 0.2) is 11.3 Å². The number of H-pyrrole nitrogens is 1. The number of ether oxygens (including phenoxy) is 1. The van der Waals surface area contributed by atoms with Gasteiger partial charge < -0.3 is 9.72 Å². The minimum atomic E-state index is 0.399. The Morgan fingerprint density at radius 1 is 1.50 bits per heavy atom. The summed E-state index contributed by atoms with van der Waals surface area (Å²) in [5.41, 5.74) is 6.42. The van der Waals surface area contributed by atoms with E-state index in [2.05, 4.69) is 25.8 Å². The van der Waals surface area contributed by atoms with Crippen LogP contribution < -0.4 is 10.9 Å². The molecular formula is C7H9N5OS. The molecule has 2 rings (SSSR count). The molecule has 1 aliphatic heterocycles. The summed E-state index contributed by atoms with van der Waals surface area (Å²) in [4.78, 5) is 11.1. The van der Waals surface area contributed by atoms with E-state index in [9.17, 15) is 0 Å². The maximum atomic E-state index is 5.03. The molecule has 0 saturated heterocycles. The first-order chi connectivity index (χ1) is 6.81. The van der Waals surface area contributed by atoms with Crippen molar-refractivity contribution in [3.8, 4) is 0 Å². The number of fused-ring (bicyclic) bond motifs is 1. The van der Waals surface area contributed by atoms with Gasteiger partial charge in [0, 0.05) is 7.11 Å². The molecule has 1 aromatic heterocycles. The van der Waals surface area contributed by atoms with Crippen molar-refractivity contribution in [3.63, 3.8) is 0 Å². The monoisotopic (exact) mass is 211 g/mol. The van der Waals surface area contributed by atoms with Crippen LogP contribution in [-0.2, 0) is 4.74 Å². The lowest BCUT2D eigenvalue weighted by molar-refractivity contribution is 0.243. The van der Waals surface area contributed by atoms with Gasteiger partial charge in [-0.25, -0.2) is 9.98 Å². The average molecular weight is 211 g/mol. The van der Waals surface area contributed by atoms with Gasteiger partial charge in [0.25, 0.3) is 0 Å². The van der Waals surface area contributed by atoms with E-state index in [1.165, 1.54) is 6.33 Å². The van der Waals surface area contributed by atoms with Gasteiger partial charge in [0.05, 0.1) is 6.33 Å². The van der Waals surface area contributed by atoms with E-state index in [1.54, 1.807) is 7.11 Å². The molecule has 1 aromatic rings. The van der Waals surface area contributed by atoms with E-state index in [4.69, 9.17) is 17.0 Å². The predicted molar refractivity (Wildman–Crippen MR) is 55.2 cm³/mol. The molecule has 6 nitrogen and oxygen atoms in total. The van der Waals surface area contributed by atoms with E-state index < -0.39 is 0 Å². The van der Waals surface area contributed by atoms with Crippen molar-refractivity contribution in [1.29, 1.82) is 0 Å². The Kier molecular flexibility index (Phi) is 2.42. The third-order valence-corrected chi connectivity index (χ3v) is 1.99. The molecule has 0 saturated carbocycles. The lowest BCUT2D eigenvalue weighted by atomic mass is 10.4. The molecule has 14 heavy (non-hydrogen) atoms. The zero-order chi connectivity index (χ0) is 9.97. The van der Waals surface area contributed by atoms with Crippen LogP contribution in [-0.4, -0.2) is 29.5 Å². The average Bonchev–Trinajstić information content (AvgIpc) is 2.20. The summed E-state index contributed by atoms with van der Waals surface area (Å²) in [6.07, 6.45) is 1.52. The summed E-state index contributed by atoms with van der Waals surface area (Å²) in [7, 11) is 1.60. The van der Waals surface area contributed by atoms with Crippen LogP contribution in [0.25, 0.3) is 0 Å². The molecule has 7 heteroatoms. The van der Waals surface area contributed by atoms with Crippen LogP contribution in [0.1, 0.15) is 0 Å². The van der Waals surface area contributed by atoms with Gasteiger partial charge in [-0.1, -0.05) is 12.2 Å². The first-order valence-corrected chi connectivity index (χ1v) is 4.38. The van der Waals surface area contributed by atoms with Crippen LogP contribution in [0, 0.1) is 4.64 Å². The number of aliphatic imine (C=N–C) groups is 1. The SMILES string of the molecule is COCC1=Nc2c([nH]cnc2=S)NN1. The first kappa shape index (κ1) is 9.10. The Bertz CT molecular complexity index is 426. The summed E-state index contributed by atoms with van der Waals surface area (Å²) < 4.78 is 5.40. The third-order valence-electron chi connectivity index (χ3n) is 1.69. The van der Waals surface area contributed by atoms with E-state index in [1.807, 2.05) is 0 Å². The maximum Gasteiger partial charge on any atom is 0.157 e. The fourth-order valence-corrected chi connectivity index (χ4v) is 1.29. The number of methoxy groups -OCH3 is 1. The Labute approximate surface area is 85.4 Å². The van der Waals surface area contributed by atoms with Crippen molar-refractivity contribution in [2.45, 2.75) is 0 Å². The molecule has 0 unspecified atom stereocenters. The molecule has 0 bridgehead atoms. The van der Waals surface area contributed by atoms with Gasteiger partial charge in [-0.2, -0.15) is 0 Å². The molecule has 0 fully saturated rings. The Morgan fingerprint density at radius 2 is 2.36 bits per heavy atom. The number of hydrogen-bond acceptors (Lipinski definition) is 6. The molecule has 3 N–H and O–H groups in total. The molecule has 0 atom stereocenters. The third kappa shape index (κ3) is 1.59. The van der Waals surface area contributed by atoms with Gasteiger partial charge in [0.15, 0.2) is 10.5 Å². The lowest BCUT2D eigenvalue weighted by Gasteiger charge is -2.17. The standard InChI is InChI=1S/C7H9N5OS/c1-13-2-4-10-5-6(12-11-4)8-3-9-7(5)14/h3H,2H2,1H3,(H,10,11)(H2,8,9,12,14). The van der Waals surface area contributed by atoms with Gasteiger partial charge in [0.2, 0.25) is 0 Å². The maximum absolute atomic E-state index is 5.03. The summed E-state index contributed by atoms with van der Waals surface area (Å²) in [6.45, 7) is 0.399. The number of nitrogens with one attached hydrogen (secondary N) is 3. The highest BCUT2D eigenvalue weighted by Gasteiger charge is 2.11. The molecule has 0 amide bonds. The second kappa shape index (κ2) is 3.72. The number of hydrazine groups is 1. The van der Waals surface area contributed by atoms with E-state index in [0.717, 1.165) is 0 Å². The zero-order valence-electron chi connectivity index (χ0n) is 7.50. The van der Waals surface area contributed by atoms with Crippen molar-refractivity contribution in [2.75, 3.05) is 19.1 Å². The number of aromatic amines is 1. The molecule has 74 valence electrons. The number of anilines is 1. The van der Waals surface area contributed by atoms with Crippen LogP contribution in [0.3, 0.4) is 0 Å². The minimum absolute atomic E-state index is 0.399. The van der Waals surface area contributed by atoms with Gasteiger partial charge in [-0.05, 0) is 0 Å². The lowest BCUT2D eigenvalue weighted by Crippen LogP contribution is -2.35. The molecular weight excluding hydrogens is 202 g/mol. The number of nitrogens with zero attached hydrogens (tertiary/aromatic N) is 2. The van der Waals surface area contributed by atoms with Crippen molar-refractivity contribution in [2.24, 2.45) is 4.99 Å². The van der Waals surface area contributed by atoms with Crippen molar-refractivity contribution in [1.82, 2.24) is 15.4 Å². The Balaban J connectivity index is 2.42. The van der Waals surface area contributed by atoms with Crippen LogP contribution in [0.4, 0.5) is 11.5 Å². The normalized spacial score (nSPS) is 13.6. The van der Waals surface area contributed by atoms with Crippen molar-refractivity contribution in [3.05, 3.63) is 11.0 Å². The summed E-state index contributed by atoms with van der Waals surface area (Å²) in [5, 5.41) is 0. The van der Waals surface area contributed by atoms with Gasteiger partial charge in [0.1, 0.15) is 18.1 Å². The topological polar surface area (TPSA) is 74.3 Å². The molecule has 2 heterocycles. The van der Waals surface area contributed by atoms with Gasteiger partial charge in [-0.15, -0.1) is 0 Å². The number of rotatable bonds is 2. The van der Waals surface area contributed by atoms with Gasteiger partial charge in [-0.3, -0.25) is 10.9 Å². The second-order valence-corrected chi connectivity index (χ2v) is 3.06. The number of aromatic nitrogens is 2. The largest absolute Gasteiger partial charge is 0.377 e. The quantitative estimate of drug-likeness (QED) is 0.629. The fourth-order valence-electron chi connectivity index (χ4n) is 1.09. The smallest absolute Gasteiger partial charge is 0.157 e. The summed E-state index contributed by atoms with van der Waals surface area (Å²) in [5.74, 6) is 1.39. The summed E-state index contributed by atoms with van der Waals surface area (Å²) >= 11 is 5.03. The molecule has 0 radical (unpaired) electrons. The molecule has 0 spiro atoms. The minimum Gasteiger partial charge on any atom is -0.377 e. The van der Waals surface area contributed by atoms with E-state index >= 15 is 0 Å². The van der Waals surface area contributed by atoms with E-state index in [0.29, 0.717) is 28.6 Å². The van der Waals surface area contributed by atoms with Crippen molar-refractivity contribution < 1.29 is 4.74 Å². The van der Waals surface area contributed by atoms with Crippen LogP contribution in [0.2, 0.25) is 0 Å². The van der Waals surface area contributed by atoms with Crippen molar-refractivity contribution >= 4 is 29.6 Å². The van der Waals surface area contributed by atoms with Crippen LogP contribution in [0.5, 0.6) is 0 Å². The molecule has 0 aromatic carbocycles. The second-order valence-electron chi connectivity index (χ2n) is 2.67. The summed E-state index contributed by atoms with van der Waals surface area (Å²) in [6, 6.07) is 0. The zero-order valence-corrected chi connectivity index (χ0v) is 8.31.